The van der Waals surface area contributed by atoms with Crippen molar-refractivity contribution in [1.82, 2.24) is 4.90 Å². The van der Waals surface area contributed by atoms with Crippen molar-refractivity contribution in [3.05, 3.63) is 72.6 Å². The van der Waals surface area contributed by atoms with Crippen LogP contribution in [0.1, 0.15) is 25.8 Å². The zero-order chi connectivity index (χ0) is 27.5. The number of anilines is 3. The molecule has 0 bridgehead atoms. The van der Waals surface area contributed by atoms with Gasteiger partial charge < -0.3 is 30.9 Å². The molecule has 9 heteroatoms. The van der Waals surface area contributed by atoms with E-state index in [0.717, 1.165) is 43.1 Å². The number of benzene rings is 2. The predicted molar refractivity (Wildman–Crippen MR) is 155 cm³/mol. The number of methoxy groups -OCH3 is 1. The third kappa shape index (κ3) is 8.48. The number of hydrogen-bond donors (Lipinski definition) is 3. The smallest absolute Gasteiger partial charge is 0.226 e. The van der Waals surface area contributed by atoms with Crippen LogP contribution in [0.3, 0.4) is 0 Å². The molecule has 2 aromatic carbocycles. The molecule has 1 heterocycles. The van der Waals surface area contributed by atoms with Gasteiger partial charge in [0.1, 0.15) is 5.82 Å². The monoisotopic (exact) mass is 518 g/mol. The molecule has 9 nitrogen and oxygen atoms in total. The fraction of sp³-hybridized carbons (Fsp3) is 0.345. The minimum absolute atomic E-state index is 0.0354. The lowest BCUT2D eigenvalue weighted by Crippen LogP contribution is -2.49. The van der Waals surface area contributed by atoms with E-state index in [4.69, 9.17) is 10.5 Å². The van der Waals surface area contributed by atoms with Crippen LogP contribution in [0.2, 0.25) is 0 Å². The number of aliphatic imine (C=N–C) groups is 1. The number of nitrogens with two attached hydrogens (primary N) is 1. The molecule has 0 spiro atoms. The van der Waals surface area contributed by atoms with Crippen LogP contribution in [-0.2, 0) is 14.3 Å². The number of hydrogen-bond acceptors (Lipinski definition) is 7. The Morgan fingerprint density at radius 1 is 1.03 bits per heavy atom. The Morgan fingerprint density at radius 2 is 1.63 bits per heavy atom. The van der Waals surface area contributed by atoms with Gasteiger partial charge in [0.25, 0.3) is 0 Å². The average molecular weight is 519 g/mol. The average Bonchev–Trinajstić information content (AvgIpc) is 2.92. The molecule has 0 aromatic heterocycles. The number of piperazine rings is 1. The molecule has 3 rings (SSSR count). The van der Waals surface area contributed by atoms with Crippen LogP contribution in [0.15, 0.2) is 72.0 Å². The highest BCUT2D eigenvalue weighted by molar-refractivity contribution is 5.91. The molecule has 0 radical (unpaired) electrons. The minimum Gasteiger partial charge on any atom is -0.398 e. The van der Waals surface area contributed by atoms with Gasteiger partial charge in [0.05, 0.1) is 13.0 Å². The second kappa shape index (κ2) is 14.0. The van der Waals surface area contributed by atoms with Crippen molar-refractivity contribution in [2.24, 2.45) is 16.6 Å². The van der Waals surface area contributed by atoms with Crippen LogP contribution in [0.4, 0.5) is 17.1 Å². The van der Waals surface area contributed by atoms with Crippen LogP contribution in [0.25, 0.3) is 5.70 Å². The summed E-state index contributed by atoms with van der Waals surface area (Å²) in [5.74, 6) is 0.635. The molecule has 0 atom stereocenters. The van der Waals surface area contributed by atoms with E-state index in [9.17, 15) is 9.59 Å². The van der Waals surface area contributed by atoms with Gasteiger partial charge in [-0.1, -0.05) is 32.6 Å². The lowest BCUT2D eigenvalue weighted by molar-refractivity contribution is -0.134. The van der Waals surface area contributed by atoms with Crippen LogP contribution in [0.5, 0.6) is 0 Å². The Bertz CT molecular complexity index is 1150. The minimum atomic E-state index is -0.103. The molecule has 1 fully saturated rings. The van der Waals surface area contributed by atoms with E-state index >= 15 is 0 Å². The zero-order valence-corrected chi connectivity index (χ0v) is 22.4. The van der Waals surface area contributed by atoms with Crippen molar-refractivity contribution in [3.8, 4) is 0 Å². The fourth-order valence-electron chi connectivity index (χ4n) is 3.97. The fourth-order valence-corrected chi connectivity index (χ4v) is 3.97. The zero-order valence-electron chi connectivity index (χ0n) is 22.4. The van der Waals surface area contributed by atoms with Crippen molar-refractivity contribution in [2.75, 3.05) is 55.4 Å². The molecule has 38 heavy (non-hydrogen) atoms. The summed E-state index contributed by atoms with van der Waals surface area (Å²) in [6.45, 7) is 11.4. The number of amides is 2. The van der Waals surface area contributed by atoms with E-state index in [-0.39, 0.29) is 17.7 Å². The van der Waals surface area contributed by atoms with E-state index in [1.54, 1.807) is 31.5 Å². The number of ether oxygens (including phenoxy) is 1. The number of nitrogens with zero attached hydrogens (tertiary/aromatic N) is 3. The first kappa shape index (κ1) is 28.5. The first-order valence-corrected chi connectivity index (χ1v) is 12.8. The van der Waals surface area contributed by atoms with E-state index in [1.807, 2.05) is 43.0 Å². The van der Waals surface area contributed by atoms with E-state index in [1.165, 1.54) is 0 Å². The number of rotatable bonds is 11. The Kier molecular flexibility index (Phi) is 10.5. The summed E-state index contributed by atoms with van der Waals surface area (Å²) in [5, 5.41) is 5.99. The first-order chi connectivity index (χ1) is 18.3. The maximum atomic E-state index is 12.2. The van der Waals surface area contributed by atoms with Gasteiger partial charge in [-0.25, -0.2) is 4.99 Å². The molecule has 1 aliphatic rings. The second-order valence-electron chi connectivity index (χ2n) is 9.35. The lowest BCUT2D eigenvalue weighted by Gasteiger charge is -2.37. The molecule has 202 valence electrons. The van der Waals surface area contributed by atoms with Gasteiger partial charge in [0, 0.05) is 68.2 Å². The van der Waals surface area contributed by atoms with Crippen molar-refractivity contribution in [1.29, 1.82) is 0 Å². The SMILES string of the molecule is C=C(N=C/C=C(\N)c1ccc(NC(=O)CCOC)cc1)Nc1ccc(N2CCN(C(=O)C(C)C)CC2)cc1. The number of nitrogens with one attached hydrogen (secondary N) is 2. The molecule has 0 saturated carbocycles. The Morgan fingerprint density at radius 3 is 2.24 bits per heavy atom. The first-order valence-electron chi connectivity index (χ1n) is 12.8. The molecule has 2 aromatic rings. The number of carbonyl (C=O) groups excluding carboxylic acids is 2. The van der Waals surface area contributed by atoms with Gasteiger partial charge >= 0.3 is 0 Å². The maximum Gasteiger partial charge on any atom is 0.226 e. The highest BCUT2D eigenvalue weighted by Gasteiger charge is 2.22. The maximum absolute atomic E-state index is 12.2. The third-order valence-corrected chi connectivity index (χ3v) is 6.13. The third-order valence-electron chi connectivity index (χ3n) is 6.13. The second-order valence-corrected chi connectivity index (χ2v) is 9.35. The lowest BCUT2D eigenvalue weighted by atomic mass is 10.1. The summed E-state index contributed by atoms with van der Waals surface area (Å²) >= 11 is 0. The highest BCUT2D eigenvalue weighted by atomic mass is 16.5. The summed E-state index contributed by atoms with van der Waals surface area (Å²) < 4.78 is 4.91. The van der Waals surface area contributed by atoms with Gasteiger partial charge in [-0.05, 0) is 48.0 Å². The molecule has 1 saturated heterocycles. The van der Waals surface area contributed by atoms with Crippen LogP contribution in [0, 0.1) is 5.92 Å². The molecule has 2 amide bonds. The summed E-state index contributed by atoms with van der Waals surface area (Å²) in [5.41, 5.74) is 10.2. The van der Waals surface area contributed by atoms with Crippen LogP contribution < -0.4 is 21.3 Å². The quantitative estimate of drug-likeness (QED) is 0.389. The largest absolute Gasteiger partial charge is 0.398 e. The molecular weight excluding hydrogens is 480 g/mol. The van der Waals surface area contributed by atoms with Gasteiger partial charge in [-0.15, -0.1) is 0 Å². The summed E-state index contributed by atoms with van der Waals surface area (Å²) in [4.78, 5) is 32.5. The van der Waals surface area contributed by atoms with Crippen molar-refractivity contribution >= 4 is 40.8 Å². The van der Waals surface area contributed by atoms with Crippen molar-refractivity contribution in [2.45, 2.75) is 20.3 Å². The highest BCUT2D eigenvalue weighted by Crippen LogP contribution is 2.21. The molecule has 0 unspecified atom stereocenters. The standard InChI is InChI=1S/C29H38N6O3/c1-21(2)29(37)35-18-16-34(17-19-35)26-11-9-24(10-12-26)32-22(3)31-15-13-27(30)23-5-7-25(8-6-23)33-28(36)14-20-38-4/h5-13,15,21,32H,3,14,16-20,30H2,1-2,4H3,(H,33,36)/b27-13-,31-15?. The van der Waals surface area contributed by atoms with E-state index in [2.05, 4.69) is 39.2 Å². The van der Waals surface area contributed by atoms with Gasteiger partial charge in [-0.2, -0.15) is 0 Å². The number of carbonyl (C=O) groups is 2. The molecule has 1 aliphatic heterocycles. The number of allylic oxidation sites excluding steroid dienone is 1. The molecule has 4 N–H and O–H groups in total. The normalized spacial score (nSPS) is 14.2. The van der Waals surface area contributed by atoms with Crippen molar-refractivity contribution in [3.63, 3.8) is 0 Å². The summed E-state index contributed by atoms with van der Waals surface area (Å²) in [6.07, 6.45) is 3.60. The van der Waals surface area contributed by atoms with Gasteiger partial charge in [0.2, 0.25) is 11.8 Å². The topological polar surface area (TPSA) is 112 Å². The summed E-state index contributed by atoms with van der Waals surface area (Å²) in [7, 11) is 1.56. The Labute approximate surface area is 225 Å². The Balaban J connectivity index is 1.47. The van der Waals surface area contributed by atoms with Gasteiger partial charge in [-0.3, -0.25) is 9.59 Å². The van der Waals surface area contributed by atoms with Gasteiger partial charge in [0.15, 0.2) is 0 Å². The van der Waals surface area contributed by atoms with E-state index in [0.29, 0.717) is 30.2 Å². The summed E-state index contributed by atoms with van der Waals surface area (Å²) in [6, 6.07) is 15.4. The van der Waals surface area contributed by atoms with Crippen LogP contribution in [-0.4, -0.2) is 62.8 Å². The van der Waals surface area contributed by atoms with E-state index < -0.39 is 0 Å². The van der Waals surface area contributed by atoms with Crippen molar-refractivity contribution < 1.29 is 14.3 Å². The van der Waals surface area contributed by atoms with Crippen LogP contribution >= 0.6 is 0 Å². The Hall–Kier alpha value is -4.11. The molecular formula is C29H38N6O3. The predicted octanol–water partition coefficient (Wildman–Crippen LogP) is 3.92. The molecule has 0 aliphatic carbocycles.